The predicted molar refractivity (Wildman–Crippen MR) is 191 cm³/mol. The first-order valence-electron chi connectivity index (χ1n) is 16.4. The van der Waals surface area contributed by atoms with Crippen LogP contribution in [0.15, 0.2) is 59.0 Å². The summed E-state index contributed by atoms with van der Waals surface area (Å²) >= 11 is 0. The number of primary amides is 2. The summed E-state index contributed by atoms with van der Waals surface area (Å²) in [5.41, 5.74) is 14.6. The van der Waals surface area contributed by atoms with Crippen LogP contribution in [0.4, 0.5) is 11.9 Å². The Balaban J connectivity index is 1.31. The number of rotatable bonds is 14. The van der Waals surface area contributed by atoms with E-state index >= 15 is 0 Å². The number of amides is 4. The van der Waals surface area contributed by atoms with Crippen LogP contribution >= 0.6 is 0 Å². The molecule has 18 heteroatoms. The van der Waals surface area contributed by atoms with E-state index < -0.39 is 29.6 Å². The number of anilines is 2. The van der Waals surface area contributed by atoms with Gasteiger partial charge in [-0.3, -0.25) is 39.3 Å². The van der Waals surface area contributed by atoms with Gasteiger partial charge < -0.3 is 30.1 Å². The fourth-order valence-corrected chi connectivity index (χ4v) is 5.80. The molecule has 6 aromatic rings. The second-order valence-electron chi connectivity index (χ2n) is 12.0. The molecular weight excluding hydrogens is 686 g/mol. The number of allylic oxidation sites excluding steroid dienone is 2. The summed E-state index contributed by atoms with van der Waals surface area (Å²) in [6.07, 6.45) is 3.87. The summed E-state index contributed by atoms with van der Waals surface area (Å²) in [4.78, 5) is 75.2. The van der Waals surface area contributed by atoms with Crippen LogP contribution in [0.5, 0.6) is 0 Å². The quantitative estimate of drug-likeness (QED) is 0.102. The predicted octanol–water partition coefficient (Wildman–Crippen LogP) is 3.18. The number of carboxylic acid groups (broad SMARTS) is 1. The van der Waals surface area contributed by atoms with Crippen molar-refractivity contribution < 1.29 is 33.5 Å². The van der Waals surface area contributed by atoms with E-state index in [4.69, 9.17) is 21.0 Å². The maximum atomic E-state index is 13.5. The van der Waals surface area contributed by atoms with Crippen LogP contribution in [0.3, 0.4) is 0 Å². The van der Waals surface area contributed by atoms with Gasteiger partial charge in [0.05, 0.1) is 46.4 Å². The molecular formula is C35H35N11O7. The molecule has 6 rings (SSSR count). The first-order chi connectivity index (χ1) is 25.3. The van der Waals surface area contributed by atoms with Gasteiger partial charge in [0.25, 0.3) is 11.8 Å². The number of carboxylic acids is 1. The minimum absolute atomic E-state index is 0.0138. The molecule has 0 saturated heterocycles. The van der Waals surface area contributed by atoms with Gasteiger partial charge in [-0.15, -0.1) is 0 Å². The van der Waals surface area contributed by atoms with Crippen molar-refractivity contribution in [2.24, 2.45) is 11.5 Å². The van der Waals surface area contributed by atoms with Crippen molar-refractivity contribution in [3.8, 4) is 0 Å². The van der Waals surface area contributed by atoms with Crippen LogP contribution in [0, 0.1) is 13.8 Å². The molecule has 0 spiro atoms. The normalized spacial score (nSPS) is 11.5. The third-order valence-corrected chi connectivity index (χ3v) is 8.28. The van der Waals surface area contributed by atoms with E-state index in [1.165, 1.54) is 16.8 Å². The molecule has 4 amide bonds. The van der Waals surface area contributed by atoms with Gasteiger partial charge in [-0.1, -0.05) is 19.1 Å². The number of hydrogen-bond acceptors (Lipinski definition) is 10. The van der Waals surface area contributed by atoms with Crippen LogP contribution in [-0.4, -0.2) is 68.6 Å². The highest BCUT2D eigenvalue weighted by molar-refractivity contribution is 6.04. The Morgan fingerprint density at radius 1 is 0.811 bits per heavy atom. The maximum Gasteiger partial charge on any atom is 0.305 e. The van der Waals surface area contributed by atoms with Crippen molar-refractivity contribution >= 4 is 63.6 Å². The number of carbonyl (C=O) groups excluding carboxylic acids is 4. The van der Waals surface area contributed by atoms with E-state index in [2.05, 4.69) is 30.7 Å². The van der Waals surface area contributed by atoms with Gasteiger partial charge in [0.1, 0.15) is 5.69 Å². The number of aliphatic carboxylic acids is 1. The number of nitrogens with one attached hydrogen (secondary N) is 2. The molecule has 18 nitrogen and oxygen atoms in total. The standard InChI is InChI=1S/C35H35N11O7/c1-4-22-29(53-19(3)38-22)33(52)42-35-40-24-17-21(31(37)50)8-10-26(24)45(35)13-6-5-12-44-25-9-7-20(30(36)49)16-23(25)39-34(44)41-32(51)27-15-18(2)43-46(27)14-11-28(47)48/h5-10,15-17H,4,11-14H2,1-3H3,(H2,36,49)(H2,37,50)(H,47,48)(H,39,41,51)(H,40,42,52)/b6-5+. The lowest BCUT2D eigenvalue weighted by Crippen LogP contribution is -2.21. The molecule has 2 aromatic carbocycles. The Morgan fingerprint density at radius 2 is 1.36 bits per heavy atom. The van der Waals surface area contributed by atoms with E-state index in [1.54, 1.807) is 53.3 Å². The zero-order chi connectivity index (χ0) is 38.0. The summed E-state index contributed by atoms with van der Waals surface area (Å²) in [5.74, 6) is -2.68. The Kier molecular flexibility index (Phi) is 9.85. The van der Waals surface area contributed by atoms with E-state index in [-0.39, 0.29) is 60.5 Å². The highest BCUT2D eigenvalue weighted by Gasteiger charge is 2.22. The van der Waals surface area contributed by atoms with Gasteiger partial charge >= 0.3 is 5.97 Å². The molecule has 4 aromatic heterocycles. The lowest BCUT2D eigenvalue weighted by atomic mass is 10.2. The Labute approximate surface area is 300 Å². The first-order valence-corrected chi connectivity index (χ1v) is 16.4. The number of fused-ring (bicyclic) bond motifs is 2. The molecule has 0 bridgehead atoms. The highest BCUT2D eigenvalue weighted by atomic mass is 16.4. The monoisotopic (exact) mass is 721 g/mol. The number of nitrogens with zero attached hydrogens (tertiary/aromatic N) is 7. The molecule has 53 heavy (non-hydrogen) atoms. The van der Waals surface area contributed by atoms with Gasteiger partial charge in [0.2, 0.25) is 29.5 Å². The number of aryl methyl sites for hydroxylation is 4. The van der Waals surface area contributed by atoms with E-state index in [9.17, 15) is 24.0 Å². The van der Waals surface area contributed by atoms with Crippen LogP contribution in [0.1, 0.15) is 72.4 Å². The van der Waals surface area contributed by atoms with Crippen LogP contribution in [-0.2, 0) is 30.8 Å². The number of oxazole rings is 1. The molecule has 7 N–H and O–H groups in total. The number of imidazole rings is 2. The molecule has 272 valence electrons. The van der Waals surface area contributed by atoms with Gasteiger partial charge in [0.15, 0.2) is 5.89 Å². The van der Waals surface area contributed by atoms with Gasteiger partial charge in [-0.2, -0.15) is 5.10 Å². The van der Waals surface area contributed by atoms with Gasteiger partial charge in [-0.05, 0) is 55.8 Å². The molecule has 4 heterocycles. The van der Waals surface area contributed by atoms with Crippen molar-refractivity contribution in [3.05, 3.63) is 94.5 Å². The van der Waals surface area contributed by atoms with E-state index in [0.717, 1.165) is 0 Å². The van der Waals surface area contributed by atoms with Crippen molar-refractivity contribution in [2.75, 3.05) is 10.6 Å². The Hall–Kier alpha value is -7.11. The van der Waals surface area contributed by atoms with Crippen molar-refractivity contribution in [3.63, 3.8) is 0 Å². The fourth-order valence-electron chi connectivity index (χ4n) is 5.80. The summed E-state index contributed by atoms with van der Waals surface area (Å²) < 4.78 is 10.3. The van der Waals surface area contributed by atoms with Crippen LogP contribution in [0.2, 0.25) is 0 Å². The number of carbonyl (C=O) groups is 5. The van der Waals surface area contributed by atoms with Crippen molar-refractivity contribution in [2.45, 2.75) is 53.2 Å². The minimum Gasteiger partial charge on any atom is -0.481 e. The first kappa shape index (κ1) is 35.7. The number of benzene rings is 2. The van der Waals surface area contributed by atoms with Gasteiger partial charge in [-0.25, -0.2) is 15.0 Å². The molecule has 0 aliphatic carbocycles. The summed E-state index contributed by atoms with van der Waals surface area (Å²) in [6.45, 7) is 5.58. The molecule has 0 aliphatic heterocycles. The smallest absolute Gasteiger partial charge is 0.305 e. The van der Waals surface area contributed by atoms with Crippen LogP contribution < -0.4 is 22.1 Å². The average molecular weight is 722 g/mol. The molecule has 0 radical (unpaired) electrons. The van der Waals surface area contributed by atoms with E-state index in [1.807, 2.05) is 19.1 Å². The fraction of sp³-hybridized carbons (Fsp3) is 0.229. The van der Waals surface area contributed by atoms with Gasteiger partial charge in [0, 0.05) is 31.1 Å². The topological polar surface area (TPSA) is 261 Å². The molecule has 0 saturated carbocycles. The van der Waals surface area contributed by atoms with Crippen LogP contribution in [0.25, 0.3) is 22.1 Å². The summed E-state index contributed by atoms with van der Waals surface area (Å²) in [5, 5.41) is 19.0. The Bertz CT molecular complexity index is 2470. The van der Waals surface area contributed by atoms with Crippen molar-refractivity contribution in [1.29, 1.82) is 0 Å². The number of nitrogens with two attached hydrogens (primary N) is 2. The average Bonchev–Trinajstić information content (AvgIpc) is 3.87. The minimum atomic E-state index is -1.03. The lowest BCUT2D eigenvalue weighted by Gasteiger charge is -2.10. The largest absolute Gasteiger partial charge is 0.481 e. The van der Waals surface area contributed by atoms with Crippen molar-refractivity contribution in [1.82, 2.24) is 33.9 Å². The summed E-state index contributed by atoms with van der Waals surface area (Å²) in [6, 6.07) is 11.0. The SMILES string of the molecule is CCc1nc(C)oc1C(=O)Nc1nc2cc(C(N)=O)ccc2n1C/C=C/Cn1c(NC(=O)c2cc(C)nn2CCC(=O)O)nc2cc(C(N)=O)ccc21. The zero-order valence-corrected chi connectivity index (χ0v) is 28.9. The molecule has 0 fully saturated rings. The second kappa shape index (κ2) is 14.6. The third-order valence-electron chi connectivity index (χ3n) is 8.28. The Morgan fingerprint density at radius 3 is 1.87 bits per heavy atom. The zero-order valence-electron chi connectivity index (χ0n) is 28.9. The molecule has 0 atom stereocenters. The highest BCUT2D eigenvalue weighted by Crippen LogP contribution is 2.25. The maximum absolute atomic E-state index is 13.5. The summed E-state index contributed by atoms with van der Waals surface area (Å²) in [7, 11) is 0. The second-order valence-corrected chi connectivity index (χ2v) is 12.0. The molecule has 0 aliphatic rings. The number of hydrogen-bond donors (Lipinski definition) is 5. The lowest BCUT2D eigenvalue weighted by molar-refractivity contribution is -0.137. The third kappa shape index (κ3) is 7.51. The van der Waals surface area contributed by atoms with E-state index in [0.29, 0.717) is 45.8 Å². The molecule has 0 unspecified atom stereocenters. The number of aromatic nitrogens is 7.